The average molecular weight is 309 g/mol. The molecule has 4 aromatic rings. The van der Waals surface area contributed by atoms with Crippen LogP contribution in [0.5, 0.6) is 0 Å². The third kappa shape index (κ3) is 2.26. The van der Waals surface area contributed by atoms with Crippen molar-refractivity contribution in [3.8, 4) is 6.07 Å². The van der Waals surface area contributed by atoms with Gasteiger partial charge in [0.1, 0.15) is 6.07 Å². The molecule has 1 heterocycles. The zero-order valence-electron chi connectivity index (χ0n) is 13.3. The summed E-state index contributed by atoms with van der Waals surface area (Å²) in [6.07, 6.45) is 1.92. The van der Waals surface area contributed by atoms with Crippen molar-refractivity contribution in [2.45, 2.75) is 0 Å². The molecule has 1 aromatic heterocycles. The summed E-state index contributed by atoms with van der Waals surface area (Å²) < 4.78 is 1.97. The van der Waals surface area contributed by atoms with Crippen molar-refractivity contribution < 1.29 is 0 Å². The van der Waals surface area contributed by atoms with Crippen LogP contribution in [0.3, 0.4) is 0 Å². The molecule has 0 atom stereocenters. The highest BCUT2D eigenvalue weighted by Crippen LogP contribution is 2.25. The van der Waals surface area contributed by atoms with Gasteiger partial charge in [-0.05, 0) is 34.5 Å². The van der Waals surface area contributed by atoms with Crippen LogP contribution in [0, 0.1) is 11.3 Å². The van der Waals surface area contributed by atoms with E-state index in [2.05, 4.69) is 29.3 Å². The lowest BCUT2D eigenvalue weighted by Gasteiger charge is -2.04. The summed E-state index contributed by atoms with van der Waals surface area (Å²) in [6, 6.07) is 24.5. The Labute approximate surface area is 140 Å². The third-order valence-electron chi connectivity index (χ3n) is 4.27. The summed E-state index contributed by atoms with van der Waals surface area (Å²) in [5.74, 6) is 0.687. The van der Waals surface area contributed by atoms with Crippen LogP contribution in [-0.4, -0.2) is 9.55 Å². The Bertz CT molecular complexity index is 1120. The highest BCUT2D eigenvalue weighted by molar-refractivity contribution is 5.98. The first-order valence-electron chi connectivity index (χ1n) is 7.79. The molecule has 24 heavy (non-hydrogen) atoms. The highest BCUT2D eigenvalue weighted by Gasteiger charge is 2.12. The molecule has 0 saturated heterocycles. The molecule has 3 heteroatoms. The van der Waals surface area contributed by atoms with E-state index in [1.54, 1.807) is 0 Å². The first kappa shape index (κ1) is 14.2. The van der Waals surface area contributed by atoms with Crippen LogP contribution in [0.1, 0.15) is 11.4 Å². The van der Waals surface area contributed by atoms with Gasteiger partial charge in [-0.25, -0.2) is 4.98 Å². The first-order chi connectivity index (χ1) is 11.8. The predicted octanol–water partition coefficient (Wildman–Crippen LogP) is 4.79. The van der Waals surface area contributed by atoms with Gasteiger partial charge in [-0.1, -0.05) is 54.6 Å². The molecule has 0 aliphatic heterocycles. The number of nitriles is 1. The molecule has 114 valence electrons. The van der Waals surface area contributed by atoms with Crippen molar-refractivity contribution in [2.75, 3.05) is 0 Å². The minimum atomic E-state index is 0.560. The minimum Gasteiger partial charge on any atom is -0.327 e. The van der Waals surface area contributed by atoms with Crippen molar-refractivity contribution >= 4 is 33.5 Å². The number of nitrogens with zero attached hydrogens (tertiary/aromatic N) is 3. The maximum atomic E-state index is 9.69. The maximum absolute atomic E-state index is 9.69. The molecule has 4 rings (SSSR count). The summed E-state index contributed by atoms with van der Waals surface area (Å²) in [6.45, 7) is 0. The van der Waals surface area contributed by atoms with Crippen LogP contribution >= 0.6 is 0 Å². The van der Waals surface area contributed by atoms with Crippen LogP contribution in [0.4, 0.5) is 0 Å². The molecule has 0 aliphatic carbocycles. The van der Waals surface area contributed by atoms with Crippen molar-refractivity contribution in [3.63, 3.8) is 0 Å². The molecule has 0 bridgehead atoms. The molecule has 0 saturated carbocycles. The second-order valence-corrected chi connectivity index (χ2v) is 5.72. The van der Waals surface area contributed by atoms with E-state index in [-0.39, 0.29) is 0 Å². The van der Waals surface area contributed by atoms with E-state index < -0.39 is 0 Å². The summed E-state index contributed by atoms with van der Waals surface area (Å²) >= 11 is 0. The molecule has 0 unspecified atom stereocenters. The number of hydrogen-bond acceptors (Lipinski definition) is 2. The quantitative estimate of drug-likeness (QED) is 0.499. The number of rotatable bonds is 2. The monoisotopic (exact) mass is 309 g/mol. The molecular formula is C21H15N3. The van der Waals surface area contributed by atoms with Gasteiger partial charge in [-0.2, -0.15) is 5.26 Å². The zero-order valence-corrected chi connectivity index (χ0v) is 13.3. The summed E-state index contributed by atoms with van der Waals surface area (Å²) in [7, 11) is 1.94. The molecule has 0 spiro atoms. The van der Waals surface area contributed by atoms with Crippen molar-refractivity contribution in [1.29, 1.82) is 5.26 Å². The van der Waals surface area contributed by atoms with Gasteiger partial charge >= 0.3 is 0 Å². The fraction of sp³-hybridized carbons (Fsp3) is 0.0476. The summed E-state index contributed by atoms with van der Waals surface area (Å²) in [4.78, 5) is 4.63. The number of para-hydroxylation sites is 2. The lowest BCUT2D eigenvalue weighted by Crippen LogP contribution is -1.96. The molecule has 3 nitrogen and oxygen atoms in total. The van der Waals surface area contributed by atoms with Gasteiger partial charge in [-0.15, -0.1) is 0 Å². The van der Waals surface area contributed by atoms with Gasteiger partial charge in [-0.3, -0.25) is 0 Å². The van der Waals surface area contributed by atoms with Crippen molar-refractivity contribution in [2.24, 2.45) is 7.05 Å². The number of imidazole rings is 1. The van der Waals surface area contributed by atoms with E-state index in [0.717, 1.165) is 27.4 Å². The lowest BCUT2D eigenvalue weighted by molar-refractivity contribution is 0.925. The largest absolute Gasteiger partial charge is 0.327 e. The number of allylic oxidation sites excluding steroid dienone is 1. The number of fused-ring (bicyclic) bond motifs is 2. The first-order valence-corrected chi connectivity index (χ1v) is 7.79. The minimum absolute atomic E-state index is 0.560. The van der Waals surface area contributed by atoms with Crippen LogP contribution in [0.25, 0.3) is 33.5 Å². The number of hydrogen-bond donors (Lipinski definition) is 0. The van der Waals surface area contributed by atoms with Gasteiger partial charge in [0.15, 0.2) is 5.82 Å². The number of benzene rings is 3. The van der Waals surface area contributed by atoms with E-state index in [4.69, 9.17) is 0 Å². The lowest BCUT2D eigenvalue weighted by atomic mass is 10.0. The average Bonchev–Trinajstić information content (AvgIpc) is 2.97. The standard InChI is InChI=1S/C21H15N3/c1-24-20-12-5-4-11-19(20)23-21(24)17(14-22)13-16-9-6-8-15-7-2-3-10-18(15)16/h2-13H,1H3/b17-13+. The summed E-state index contributed by atoms with van der Waals surface area (Å²) in [5.41, 5.74) is 3.50. The fourth-order valence-electron chi connectivity index (χ4n) is 3.07. The van der Waals surface area contributed by atoms with E-state index in [9.17, 15) is 5.26 Å². The van der Waals surface area contributed by atoms with E-state index in [1.165, 1.54) is 0 Å². The fourth-order valence-corrected chi connectivity index (χ4v) is 3.07. The predicted molar refractivity (Wildman–Crippen MR) is 98.1 cm³/mol. The Morgan fingerprint density at radius 2 is 1.75 bits per heavy atom. The van der Waals surface area contributed by atoms with E-state index in [0.29, 0.717) is 11.4 Å². The Morgan fingerprint density at radius 3 is 2.58 bits per heavy atom. The summed E-state index contributed by atoms with van der Waals surface area (Å²) in [5, 5.41) is 12.0. The highest BCUT2D eigenvalue weighted by atomic mass is 15.1. The number of aryl methyl sites for hydroxylation is 1. The Kier molecular flexibility index (Phi) is 3.36. The van der Waals surface area contributed by atoms with Gasteiger partial charge in [0, 0.05) is 7.05 Å². The Morgan fingerprint density at radius 1 is 1.00 bits per heavy atom. The van der Waals surface area contributed by atoms with Crippen LogP contribution in [-0.2, 0) is 7.05 Å². The second-order valence-electron chi connectivity index (χ2n) is 5.72. The van der Waals surface area contributed by atoms with E-state index >= 15 is 0 Å². The molecule has 0 N–H and O–H groups in total. The third-order valence-corrected chi connectivity index (χ3v) is 4.27. The van der Waals surface area contributed by atoms with Gasteiger partial charge < -0.3 is 4.57 Å². The number of aromatic nitrogens is 2. The molecule has 3 aromatic carbocycles. The van der Waals surface area contributed by atoms with Crippen molar-refractivity contribution in [1.82, 2.24) is 9.55 Å². The smallest absolute Gasteiger partial charge is 0.151 e. The zero-order chi connectivity index (χ0) is 16.5. The molecular weight excluding hydrogens is 294 g/mol. The molecule has 0 aliphatic rings. The van der Waals surface area contributed by atoms with Gasteiger partial charge in [0.2, 0.25) is 0 Å². The Balaban J connectivity index is 1.93. The Hall–Kier alpha value is -3.38. The van der Waals surface area contributed by atoms with Crippen LogP contribution < -0.4 is 0 Å². The topological polar surface area (TPSA) is 41.6 Å². The van der Waals surface area contributed by atoms with E-state index in [1.807, 2.05) is 66.2 Å². The second kappa shape index (κ2) is 5.68. The normalized spacial score (nSPS) is 11.8. The van der Waals surface area contributed by atoms with Crippen LogP contribution in [0.2, 0.25) is 0 Å². The SMILES string of the molecule is Cn1c(/C(C#N)=C/c2cccc3ccccc23)nc2ccccc21. The molecule has 0 radical (unpaired) electrons. The van der Waals surface area contributed by atoms with Gasteiger partial charge in [0.25, 0.3) is 0 Å². The van der Waals surface area contributed by atoms with Crippen LogP contribution in [0.15, 0.2) is 66.7 Å². The van der Waals surface area contributed by atoms with Gasteiger partial charge in [0.05, 0.1) is 16.6 Å². The molecule has 0 fully saturated rings. The maximum Gasteiger partial charge on any atom is 0.151 e. The molecule has 0 amide bonds. The van der Waals surface area contributed by atoms with Crippen molar-refractivity contribution in [3.05, 3.63) is 78.1 Å².